The SMILES string of the molecule is CCC1(C(=O)Cl)CC1.CCC1(C(C)=O)CCCCC1. The Morgan fingerprint density at radius 1 is 0.895 bits per heavy atom. The summed E-state index contributed by atoms with van der Waals surface area (Å²) in [6.45, 7) is 5.91. The van der Waals surface area contributed by atoms with Crippen LogP contribution >= 0.6 is 11.6 Å². The number of carbonyl (C=O) groups is 2. The first-order valence-electron chi connectivity index (χ1n) is 7.63. The predicted molar refractivity (Wildman–Crippen MR) is 79.3 cm³/mol. The summed E-state index contributed by atoms with van der Waals surface area (Å²) in [7, 11) is 0. The van der Waals surface area contributed by atoms with Crippen LogP contribution in [0.2, 0.25) is 0 Å². The van der Waals surface area contributed by atoms with Crippen LogP contribution in [-0.2, 0) is 9.59 Å². The summed E-state index contributed by atoms with van der Waals surface area (Å²) in [4.78, 5) is 21.9. The molecule has 0 amide bonds. The second kappa shape index (κ2) is 6.88. The van der Waals surface area contributed by atoms with Crippen molar-refractivity contribution in [2.24, 2.45) is 10.8 Å². The zero-order valence-corrected chi connectivity index (χ0v) is 13.3. The van der Waals surface area contributed by atoms with Gasteiger partial charge in [0.15, 0.2) is 0 Å². The number of carbonyl (C=O) groups excluding carboxylic acids is 2. The summed E-state index contributed by atoms with van der Waals surface area (Å²) in [5.74, 6) is 0.416. The van der Waals surface area contributed by atoms with E-state index >= 15 is 0 Å². The average Bonchev–Trinajstić information content (AvgIpc) is 3.21. The molecule has 0 atom stereocenters. The Kier molecular flexibility index (Phi) is 6.04. The lowest BCUT2D eigenvalue weighted by Crippen LogP contribution is -2.30. The fraction of sp³-hybridized carbons (Fsp3) is 0.875. The minimum Gasteiger partial charge on any atom is -0.299 e. The Hall–Kier alpha value is -0.370. The zero-order chi connectivity index (χ0) is 14.5. The highest BCUT2D eigenvalue weighted by Gasteiger charge is 2.46. The van der Waals surface area contributed by atoms with Crippen molar-refractivity contribution in [2.45, 2.75) is 78.6 Å². The van der Waals surface area contributed by atoms with E-state index in [0.717, 1.165) is 38.5 Å². The van der Waals surface area contributed by atoms with E-state index in [1.165, 1.54) is 19.3 Å². The third-order valence-electron chi connectivity index (χ3n) is 5.18. The predicted octanol–water partition coefficient (Wildman–Crippen LogP) is 4.88. The molecule has 0 unspecified atom stereocenters. The Bertz CT molecular complexity index is 326. The molecule has 19 heavy (non-hydrogen) atoms. The first-order valence-corrected chi connectivity index (χ1v) is 8.01. The van der Waals surface area contributed by atoms with Gasteiger partial charge in [0.2, 0.25) is 5.24 Å². The van der Waals surface area contributed by atoms with E-state index in [9.17, 15) is 9.59 Å². The summed E-state index contributed by atoms with van der Waals surface area (Å²) in [6, 6.07) is 0. The van der Waals surface area contributed by atoms with Gasteiger partial charge in [-0.05, 0) is 57.0 Å². The number of halogens is 1. The maximum absolute atomic E-state index is 11.4. The quantitative estimate of drug-likeness (QED) is 0.690. The minimum absolute atomic E-state index is 0.0816. The highest BCUT2D eigenvalue weighted by atomic mass is 35.5. The van der Waals surface area contributed by atoms with Gasteiger partial charge < -0.3 is 0 Å². The van der Waals surface area contributed by atoms with Gasteiger partial charge in [0.05, 0.1) is 0 Å². The van der Waals surface area contributed by atoms with E-state index in [1.54, 1.807) is 6.92 Å². The highest BCUT2D eigenvalue weighted by molar-refractivity contribution is 6.65. The molecule has 0 aliphatic heterocycles. The van der Waals surface area contributed by atoms with E-state index in [-0.39, 0.29) is 16.1 Å². The molecule has 0 heterocycles. The Balaban J connectivity index is 0.000000200. The van der Waals surface area contributed by atoms with Gasteiger partial charge in [-0.2, -0.15) is 0 Å². The van der Waals surface area contributed by atoms with E-state index in [2.05, 4.69) is 6.92 Å². The Labute approximate surface area is 122 Å². The number of Topliss-reactive ketones (excluding diaryl/α,β-unsaturated/α-hetero) is 1. The molecule has 0 aromatic rings. The Morgan fingerprint density at radius 3 is 1.53 bits per heavy atom. The smallest absolute Gasteiger partial charge is 0.227 e. The molecular weight excluding hydrogens is 260 g/mol. The monoisotopic (exact) mass is 286 g/mol. The van der Waals surface area contributed by atoms with Gasteiger partial charge in [0, 0.05) is 10.8 Å². The largest absolute Gasteiger partial charge is 0.299 e. The molecule has 0 spiro atoms. The average molecular weight is 287 g/mol. The van der Waals surface area contributed by atoms with Crippen molar-refractivity contribution in [3.05, 3.63) is 0 Å². The van der Waals surface area contributed by atoms with Gasteiger partial charge in [0.1, 0.15) is 5.78 Å². The Morgan fingerprint density at radius 2 is 1.37 bits per heavy atom. The first kappa shape index (κ1) is 16.7. The molecule has 2 nitrogen and oxygen atoms in total. The van der Waals surface area contributed by atoms with Crippen molar-refractivity contribution in [3.8, 4) is 0 Å². The van der Waals surface area contributed by atoms with Gasteiger partial charge in [0.25, 0.3) is 0 Å². The summed E-state index contributed by atoms with van der Waals surface area (Å²) in [6.07, 6.45) is 10.1. The van der Waals surface area contributed by atoms with Gasteiger partial charge >= 0.3 is 0 Å². The molecule has 0 aromatic carbocycles. The molecule has 110 valence electrons. The summed E-state index contributed by atoms with van der Waals surface area (Å²) in [5.41, 5.74) is -0.000193. The number of rotatable bonds is 4. The van der Waals surface area contributed by atoms with Crippen LogP contribution in [0.5, 0.6) is 0 Å². The van der Waals surface area contributed by atoms with Gasteiger partial charge in [-0.25, -0.2) is 0 Å². The summed E-state index contributed by atoms with van der Waals surface area (Å²) >= 11 is 5.29. The normalized spacial score (nSPS) is 22.9. The topological polar surface area (TPSA) is 34.1 Å². The van der Waals surface area contributed by atoms with Crippen LogP contribution in [0.3, 0.4) is 0 Å². The first-order chi connectivity index (χ1) is 8.92. The minimum atomic E-state index is -0.139. The fourth-order valence-electron chi connectivity index (χ4n) is 3.02. The van der Waals surface area contributed by atoms with Crippen LogP contribution in [0.15, 0.2) is 0 Å². The zero-order valence-electron chi connectivity index (χ0n) is 12.6. The molecule has 3 heteroatoms. The maximum Gasteiger partial charge on any atom is 0.227 e. The molecule has 0 saturated heterocycles. The number of hydrogen-bond donors (Lipinski definition) is 0. The van der Waals surface area contributed by atoms with E-state index in [0.29, 0.717) is 5.78 Å². The summed E-state index contributed by atoms with van der Waals surface area (Å²) in [5, 5.41) is -0.139. The van der Waals surface area contributed by atoms with Gasteiger partial charge in [-0.3, -0.25) is 9.59 Å². The second-order valence-corrected chi connectivity index (χ2v) is 6.50. The van der Waals surface area contributed by atoms with E-state index < -0.39 is 0 Å². The van der Waals surface area contributed by atoms with Crippen LogP contribution < -0.4 is 0 Å². The summed E-state index contributed by atoms with van der Waals surface area (Å²) < 4.78 is 0. The second-order valence-electron chi connectivity index (χ2n) is 6.16. The van der Waals surface area contributed by atoms with Crippen molar-refractivity contribution >= 4 is 22.6 Å². The number of hydrogen-bond acceptors (Lipinski definition) is 2. The molecule has 2 aliphatic carbocycles. The third-order valence-corrected chi connectivity index (χ3v) is 5.58. The molecular formula is C16H27ClO2. The van der Waals surface area contributed by atoms with Crippen LogP contribution in [0, 0.1) is 10.8 Å². The van der Waals surface area contributed by atoms with Gasteiger partial charge in [-0.1, -0.05) is 33.1 Å². The van der Waals surface area contributed by atoms with Gasteiger partial charge in [-0.15, -0.1) is 0 Å². The lowest BCUT2D eigenvalue weighted by Gasteiger charge is -2.33. The molecule has 2 saturated carbocycles. The van der Waals surface area contributed by atoms with Crippen molar-refractivity contribution in [3.63, 3.8) is 0 Å². The lowest BCUT2D eigenvalue weighted by atomic mass is 9.70. The van der Waals surface area contributed by atoms with Crippen LogP contribution in [-0.4, -0.2) is 11.0 Å². The fourth-order valence-corrected chi connectivity index (χ4v) is 3.35. The lowest BCUT2D eigenvalue weighted by molar-refractivity contribution is -0.128. The third kappa shape index (κ3) is 4.05. The molecule has 2 aliphatic rings. The van der Waals surface area contributed by atoms with Crippen LogP contribution in [0.4, 0.5) is 0 Å². The number of ketones is 1. The maximum atomic E-state index is 11.4. The molecule has 2 fully saturated rings. The van der Waals surface area contributed by atoms with Crippen molar-refractivity contribution in [1.29, 1.82) is 0 Å². The van der Waals surface area contributed by atoms with E-state index in [1.807, 2.05) is 6.92 Å². The van der Waals surface area contributed by atoms with Crippen molar-refractivity contribution in [2.75, 3.05) is 0 Å². The molecule has 0 radical (unpaired) electrons. The van der Waals surface area contributed by atoms with Crippen molar-refractivity contribution in [1.82, 2.24) is 0 Å². The standard InChI is InChI=1S/C10H18O.C6H9ClO/c1-3-10(9(2)11)7-5-4-6-8-10;1-2-6(3-4-6)5(7)8/h3-8H2,1-2H3;2-4H2,1H3. The molecule has 0 N–H and O–H groups in total. The highest BCUT2D eigenvalue weighted by Crippen LogP contribution is 2.50. The molecule has 0 aromatic heterocycles. The van der Waals surface area contributed by atoms with Crippen molar-refractivity contribution < 1.29 is 9.59 Å². The van der Waals surface area contributed by atoms with Crippen LogP contribution in [0.1, 0.15) is 78.6 Å². The van der Waals surface area contributed by atoms with E-state index in [4.69, 9.17) is 11.6 Å². The van der Waals surface area contributed by atoms with Crippen LogP contribution in [0.25, 0.3) is 0 Å². The molecule has 0 bridgehead atoms. The molecule has 2 rings (SSSR count).